The van der Waals surface area contributed by atoms with Crippen molar-refractivity contribution in [1.29, 1.82) is 0 Å². The number of aromatic amines is 1. The van der Waals surface area contributed by atoms with Crippen molar-refractivity contribution in [2.24, 2.45) is 0 Å². The van der Waals surface area contributed by atoms with Gasteiger partial charge in [-0.05, 0) is 56.4 Å². The van der Waals surface area contributed by atoms with Crippen molar-refractivity contribution in [3.63, 3.8) is 0 Å². The Bertz CT molecular complexity index is 1070. The van der Waals surface area contributed by atoms with E-state index in [0.717, 1.165) is 20.9 Å². The summed E-state index contributed by atoms with van der Waals surface area (Å²) in [7, 11) is 0. The van der Waals surface area contributed by atoms with Crippen LogP contribution in [0.3, 0.4) is 0 Å². The molecule has 3 rings (SSSR count). The molecule has 0 spiro atoms. The third kappa shape index (κ3) is 4.31. The Labute approximate surface area is 165 Å². The van der Waals surface area contributed by atoms with E-state index in [1.54, 1.807) is 24.8 Å². The molecule has 2 heterocycles. The van der Waals surface area contributed by atoms with Crippen molar-refractivity contribution in [3.05, 3.63) is 62.5 Å². The van der Waals surface area contributed by atoms with Crippen LogP contribution in [0.15, 0.2) is 40.0 Å². The van der Waals surface area contributed by atoms with Gasteiger partial charge in [-0.1, -0.05) is 12.1 Å². The van der Waals surface area contributed by atoms with Gasteiger partial charge in [0.1, 0.15) is 4.83 Å². The first-order valence-corrected chi connectivity index (χ1v) is 10.5. The van der Waals surface area contributed by atoms with Crippen LogP contribution < -0.4 is 5.56 Å². The van der Waals surface area contributed by atoms with Crippen molar-refractivity contribution in [2.75, 3.05) is 6.26 Å². The molecule has 0 unspecified atom stereocenters. The number of carbonyl (C=O) groups is 1. The van der Waals surface area contributed by atoms with Gasteiger partial charge in [0, 0.05) is 15.8 Å². The highest BCUT2D eigenvalue weighted by Crippen LogP contribution is 2.27. The number of nitrogens with zero attached hydrogens (tertiary/aromatic N) is 1. The maximum absolute atomic E-state index is 12.3. The number of thiophene rings is 1. The lowest BCUT2D eigenvalue weighted by atomic mass is 10.2. The van der Waals surface area contributed by atoms with Crippen molar-refractivity contribution in [2.45, 2.75) is 31.8 Å². The van der Waals surface area contributed by atoms with E-state index in [2.05, 4.69) is 9.97 Å². The van der Waals surface area contributed by atoms with E-state index in [9.17, 15) is 9.59 Å². The highest BCUT2D eigenvalue weighted by molar-refractivity contribution is 7.98. The number of H-pyrrole nitrogens is 1. The number of benzene rings is 1. The molecule has 5 nitrogen and oxygen atoms in total. The lowest BCUT2D eigenvalue weighted by Gasteiger charge is -2.11. The summed E-state index contributed by atoms with van der Waals surface area (Å²) in [6.45, 7) is 5.56. The number of carbonyl (C=O) groups excluding carboxylic acids is 1. The van der Waals surface area contributed by atoms with Crippen LogP contribution >= 0.6 is 23.1 Å². The number of nitrogens with one attached hydrogen (secondary N) is 1. The fourth-order valence-corrected chi connectivity index (χ4v) is 4.06. The van der Waals surface area contributed by atoms with Crippen LogP contribution in [-0.2, 0) is 9.53 Å². The van der Waals surface area contributed by atoms with E-state index < -0.39 is 12.1 Å². The van der Waals surface area contributed by atoms with Crippen LogP contribution in [0.4, 0.5) is 0 Å². The monoisotopic (exact) mass is 400 g/mol. The summed E-state index contributed by atoms with van der Waals surface area (Å²) >= 11 is 3.13. The number of hydrogen-bond donors (Lipinski definition) is 1. The minimum absolute atomic E-state index is 0.204. The Balaban J connectivity index is 1.73. The number of thioether (sulfide) groups is 1. The van der Waals surface area contributed by atoms with Crippen LogP contribution in [0.5, 0.6) is 0 Å². The zero-order valence-corrected chi connectivity index (χ0v) is 17.2. The minimum Gasteiger partial charge on any atom is -0.451 e. The second kappa shape index (κ2) is 8.10. The molecule has 0 aliphatic carbocycles. The summed E-state index contributed by atoms with van der Waals surface area (Å²) in [6, 6.07) is 7.86. The molecule has 7 heteroatoms. The number of aromatic nitrogens is 2. The normalized spacial score (nSPS) is 12.6. The summed E-state index contributed by atoms with van der Waals surface area (Å²) in [6.07, 6.45) is 4.43. The third-order valence-corrected chi connectivity index (χ3v) is 6.11. The summed E-state index contributed by atoms with van der Waals surface area (Å²) in [5.74, 6) is -0.141. The molecule has 0 fully saturated rings. The number of fused-ring (bicyclic) bond motifs is 1. The van der Waals surface area contributed by atoms with Crippen molar-refractivity contribution >= 4 is 45.4 Å². The average molecular weight is 401 g/mol. The molecule has 0 saturated heterocycles. The summed E-state index contributed by atoms with van der Waals surface area (Å²) in [5.41, 5.74) is 1.65. The second-order valence-corrected chi connectivity index (χ2v) is 8.18. The smallest absolute Gasteiger partial charge is 0.331 e. The average Bonchev–Trinajstić information content (AvgIpc) is 2.94. The van der Waals surface area contributed by atoms with E-state index >= 15 is 0 Å². The van der Waals surface area contributed by atoms with Crippen molar-refractivity contribution in [3.8, 4) is 0 Å². The Morgan fingerprint density at radius 2 is 2.00 bits per heavy atom. The van der Waals surface area contributed by atoms with Crippen LogP contribution in [0, 0.1) is 13.8 Å². The van der Waals surface area contributed by atoms with E-state index in [1.807, 2.05) is 44.4 Å². The number of esters is 1. The molecule has 0 radical (unpaired) electrons. The van der Waals surface area contributed by atoms with Gasteiger partial charge in [-0.3, -0.25) is 4.79 Å². The van der Waals surface area contributed by atoms with Gasteiger partial charge >= 0.3 is 5.97 Å². The predicted molar refractivity (Wildman–Crippen MR) is 111 cm³/mol. The maximum atomic E-state index is 12.3. The van der Waals surface area contributed by atoms with Gasteiger partial charge in [0.15, 0.2) is 11.9 Å². The number of aryl methyl sites for hydroxylation is 2. The molecule has 3 aromatic rings. The fraction of sp³-hybridized carbons (Fsp3) is 0.250. The third-order valence-electron chi connectivity index (χ3n) is 4.26. The predicted octanol–water partition coefficient (Wildman–Crippen LogP) is 4.64. The molecule has 27 heavy (non-hydrogen) atoms. The van der Waals surface area contributed by atoms with Crippen LogP contribution in [0.1, 0.15) is 34.9 Å². The summed E-state index contributed by atoms with van der Waals surface area (Å²) in [5, 5.41) is 0.605. The minimum atomic E-state index is -0.652. The van der Waals surface area contributed by atoms with Crippen LogP contribution in [0.25, 0.3) is 16.3 Å². The van der Waals surface area contributed by atoms with Gasteiger partial charge in [0.25, 0.3) is 5.56 Å². The quantitative estimate of drug-likeness (QED) is 0.384. The van der Waals surface area contributed by atoms with Gasteiger partial charge in [-0.15, -0.1) is 23.1 Å². The molecule has 1 aromatic carbocycles. The largest absolute Gasteiger partial charge is 0.451 e. The molecule has 0 aliphatic rings. The molecule has 2 aromatic heterocycles. The molecule has 0 amide bonds. The second-order valence-electron chi connectivity index (χ2n) is 6.10. The maximum Gasteiger partial charge on any atom is 0.331 e. The number of ether oxygens (including phenoxy) is 1. The zero-order chi connectivity index (χ0) is 19.6. The van der Waals surface area contributed by atoms with Gasteiger partial charge in [0.2, 0.25) is 0 Å². The van der Waals surface area contributed by atoms with Gasteiger partial charge in [-0.25, -0.2) is 9.78 Å². The molecular weight excluding hydrogens is 380 g/mol. The molecular formula is C20H20N2O3S2. The van der Waals surface area contributed by atoms with Crippen LogP contribution in [0.2, 0.25) is 0 Å². The lowest BCUT2D eigenvalue weighted by Crippen LogP contribution is -2.16. The first kappa shape index (κ1) is 19.4. The zero-order valence-electron chi connectivity index (χ0n) is 15.5. The Morgan fingerprint density at radius 1 is 1.30 bits per heavy atom. The van der Waals surface area contributed by atoms with E-state index in [-0.39, 0.29) is 5.56 Å². The lowest BCUT2D eigenvalue weighted by molar-refractivity contribution is -0.142. The van der Waals surface area contributed by atoms with E-state index in [0.29, 0.717) is 16.0 Å². The number of hydrogen-bond acceptors (Lipinski definition) is 6. The van der Waals surface area contributed by atoms with E-state index in [4.69, 9.17) is 4.74 Å². The van der Waals surface area contributed by atoms with Crippen LogP contribution in [-0.4, -0.2) is 22.2 Å². The summed E-state index contributed by atoms with van der Waals surface area (Å²) < 4.78 is 5.39. The molecule has 140 valence electrons. The molecule has 0 saturated carbocycles. The molecule has 0 bridgehead atoms. The van der Waals surface area contributed by atoms with Gasteiger partial charge < -0.3 is 9.72 Å². The standard InChI is InChI=1S/C20H20N2O3S2/c1-11-13(3)27-20-17(11)19(24)21-18(22-20)12(2)25-16(23)10-7-14-5-8-15(26-4)9-6-14/h5-10,12H,1-4H3,(H,21,22,24)/b10-7+/t12-/m1/s1. The highest BCUT2D eigenvalue weighted by Gasteiger charge is 2.17. The first-order valence-electron chi connectivity index (χ1n) is 8.41. The van der Waals surface area contributed by atoms with Gasteiger partial charge in [-0.2, -0.15) is 0 Å². The summed E-state index contributed by atoms with van der Waals surface area (Å²) in [4.78, 5) is 34.5. The topological polar surface area (TPSA) is 72.0 Å². The van der Waals surface area contributed by atoms with Crippen molar-refractivity contribution in [1.82, 2.24) is 9.97 Å². The SMILES string of the molecule is CSc1ccc(/C=C/C(=O)O[C@H](C)c2nc3sc(C)c(C)c3c(=O)[nH]2)cc1. The Kier molecular flexibility index (Phi) is 5.82. The molecule has 1 N–H and O–H groups in total. The fourth-order valence-electron chi connectivity index (χ4n) is 2.61. The Hall–Kier alpha value is -2.38. The van der Waals surface area contributed by atoms with Gasteiger partial charge in [0.05, 0.1) is 5.39 Å². The highest BCUT2D eigenvalue weighted by atomic mass is 32.2. The van der Waals surface area contributed by atoms with Crippen molar-refractivity contribution < 1.29 is 9.53 Å². The van der Waals surface area contributed by atoms with E-state index in [1.165, 1.54) is 17.4 Å². The Morgan fingerprint density at radius 3 is 2.67 bits per heavy atom. The number of rotatable bonds is 5. The molecule has 1 atom stereocenters. The first-order chi connectivity index (χ1) is 12.9. The molecule has 0 aliphatic heterocycles.